The standard InChI is InChI=1S/C17H27N3O2S/c1-3-20(4-2)16(14-7-8-23-12-14)10-18-17(22)19-15-6-5-13(9-15)11-21/h5-8,12-13,15-16,21H,3-4,9-11H2,1-2H3,(H2,18,19,22)/t13-,15+,16?/m0/s1. The number of hydrogen-bond donors (Lipinski definition) is 3. The molecule has 3 atom stereocenters. The van der Waals surface area contributed by atoms with Crippen LogP contribution in [0.15, 0.2) is 29.0 Å². The van der Waals surface area contributed by atoms with Crippen molar-refractivity contribution in [2.75, 3.05) is 26.2 Å². The highest BCUT2D eigenvalue weighted by Gasteiger charge is 2.22. The molecule has 0 radical (unpaired) electrons. The smallest absolute Gasteiger partial charge is 0.315 e. The average molecular weight is 337 g/mol. The molecule has 0 saturated carbocycles. The number of urea groups is 1. The first-order valence-corrected chi connectivity index (χ1v) is 9.21. The minimum Gasteiger partial charge on any atom is -0.396 e. The number of carbonyl (C=O) groups excluding carboxylic acids is 1. The van der Waals surface area contributed by atoms with E-state index in [4.69, 9.17) is 5.11 Å². The highest BCUT2D eigenvalue weighted by Crippen LogP contribution is 2.22. The number of rotatable bonds is 8. The highest BCUT2D eigenvalue weighted by molar-refractivity contribution is 7.07. The van der Waals surface area contributed by atoms with E-state index in [0.717, 1.165) is 19.5 Å². The molecule has 0 aromatic carbocycles. The van der Waals surface area contributed by atoms with Crippen molar-refractivity contribution in [1.29, 1.82) is 0 Å². The lowest BCUT2D eigenvalue weighted by Crippen LogP contribution is -2.44. The number of nitrogens with zero attached hydrogens (tertiary/aromatic N) is 1. The molecule has 23 heavy (non-hydrogen) atoms. The van der Waals surface area contributed by atoms with E-state index in [9.17, 15) is 4.79 Å². The summed E-state index contributed by atoms with van der Waals surface area (Å²) in [6.07, 6.45) is 4.70. The zero-order valence-electron chi connectivity index (χ0n) is 13.9. The first kappa shape index (κ1) is 18.0. The largest absolute Gasteiger partial charge is 0.396 e. The molecule has 0 fully saturated rings. The van der Waals surface area contributed by atoms with Gasteiger partial charge in [-0.05, 0) is 41.9 Å². The van der Waals surface area contributed by atoms with Crippen LogP contribution in [-0.2, 0) is 0 Å². The van der Waals surface area contributed by atoms with Gasteiger partial charge in [-0.1, -0.05) is 26.0 Å². The van der Waals surface area contributed by atoms with E-state index >= 15 is 0 Å². The molecule has 0 saturated heterocycles. The van der Waals surface area contributed by atoms with Gasteiger partial charge in [-0.25, -0.2) is 4.79 Å². The Bertz CT molecular complexity index is 500. The van der Waals surface area contributed by atoms with Crippen molar-refractivity contribution in [2.45, 2.75) is 32.4 Å². The van der Waals surface area contributed by atoms with E-state index < -0.39 is 0 Å². The number of aliphatic hydroxyl groups is 1. The maximum Gasteiger partial charge on any atom is 0.315 e. The Morgan fingerprint density at radius 3 is 2.78 bits per heavy atom. The minimum atomic E-state index is -0.148. The van der Waals surface area contributed by atoms with E-state index in [1.165, 1.54) is 5.56 Å². The first-order valence-electron chi connectivity index (χ1n) is 8.27. The van der Waals surface area contributed by atoms with Gasteiger partial charge in [-0.2, -0.15) is 11.3 Å². The van der Waals surface area contributed by atoms with Gasteiger partial charge in [-0.3, -0.25) is 4.90 Å². The number of nitrogens with one attached hydrogen (secondary N) is 2. The zero-order chi connectivity index (χ0) is 16.7. The van der Waals surface area contributed by atoms with Crippen molar-refractivity contribution in [3.8, 4) is 0 Å². The van der Waals surface area contributed by atoms with Gasteiger partial charge in [0.2, 0.25) is 0 Å². The Morgan fingerprint density at radius 1 is 1.43 bits per heavy atom. The quantitative estimate of drug-likeness (QED) is 0.638. The third-order valence-electron chi connectivity index (χ3n) is 4.36. The number of carbonyl (C=O) groups is 1. The van der Waals surface area contributed by atoms with Crippen LogP contribution in [0.4, 0.5) is 4.79 Å². The van der Waals surface area contributed by atoms with Crippen molar-refractivity contribution < 1.29 is 9.90 Å². The van der Waals surface area contributed by atoms with Crippen LogP contribution in [0.1, 0.15) is 31.9 Å². The summed E-state index contributed by atoms with van der Waals surface area (Å²) < 4.78 is 0. The lowest BCUT2D eigenvalue weighted by molar-refractivity contribution is 0.204. The Balaban J connectivity index is 1.86. The lowest BCUT2D eigenvalue weighted by atomic mass is 10.1. The fourth-order valence-electron chi connectivity index (χ4n) is 3.01. The molecule has 1 unspecified atom stereocenters. The second-order valence-corrected chi connectivity index (χ2v) is 6.60. The second kappa shape index (κ2) is 9.05. The number of thiophene rings is 1. The van der Waals surface area contributed by atoms with Crippen molar-refractivity contribution in [2.24, 2.45) is 5.92 Å². The predicted octanol–water partition coefficient (Wildman–Crippen LogP) is 2.37. The monoisotopic (exact) mass is 337 g/mol. The van der Waals surface area contributed by atoms with Crippen LogP contribution in [-0.4, -0.2) is 48.3 Å². The first-order chi connectivity index (χ1) is 11.2. The molecular weight excluding hydrogens is 310 g/mol. The second-order valence-electron chi connectivity index (χ2n) is 5.82. The average Bonchev–Trinajstić information content (AvgIpc) is 3.22. The Morgan fingerprint density at radius 2 is 2.22 bits per heavy atom. The molecule has 2 rings (SSSR count). The van der Waals surface area contributed by atoms with Crippen molar-refractivity contribution in [3.63, 3.8) is 0 Å². The van der Waals surface area contributed by atoms with Gasteiger partial charge < -0.3 is 15.7 Å². The third-order valence-corrected chi connectivity index (χ3v) is 5.06. The van der Waals surface area contributed by atoms with E-state index in [2.05, 4.69) is 46.2 Å². The Hall–Kier alpha value is -1.37. The molecule has 0 aliphatic heterocycles. The molecule has 6 heteroatoms. The maximum atomic E-state index is 12.1. The van der Waals surface area contributed by atoms with Crippen LogP contribution in [0.25, 0.3) is 0 Å². The topological polar surface area (TPSA) is 64.6 Å². The molecule has 1 aromatic rings. The van der Waals surface area contributed by atoms with Gasteiger partial charge in [0, 0.05) is 25.1 Å². The fourth-order valence-corrected chi connectivity index (χ4v) is 3.72. The van der Waals surface area contributed by atoms with Crippen molar-refractivity contribution in [3.05, 3.63) is 34.5 Å². The summed E-state index contributed by atoms with van der Waals surface area (Å²) in [5.74, 6) is 0.162. The third kappa shape index (κ3) is 5.06. The van der Waals surface area contributed by atoms with E-state index in [1.54, 1.807) is 11.3 Å². The van der Waals surface area contributed by atoms with Crippen LogP contribution < -0.4 is 10.6 Å². The Kier molecular flexibility index (Phi) is 7.08. The molecule has 1 aliphatic rings. The summed E-state index contributed by atoms with van der Waals surface area (Å²) in [7, 11) is 0. The van der Waals surface area contributed by atoms with Crippen LogP contribution in [0.5, 0.6) is 0 Å². The van der Waals surface area contributed by atoms with Gasteiger partial charge >= 0.3 is 6.03 Å². The lowest BCUT2D eigenvalue weighted by Gasteiger charge is -2.29. The molecule has 0 spiro atoms. The van der Waals surface area contributed by atoms with Gasteiger partial charge in [-0.15, -0.1) is 0 Å². The zero-order valence-corrected chi connectivity index (χ0v) is 14.7. The minimum absolute atomic E-state index is 0.0141. The van der Waals surface area contributed by atoms with Crippen LogP contribution in [0.2, 0.25) is 0 Å². The predicted molar refractivity (Wildman–Crippen MR) is 94.6 cm³/mol. The summed E-state index contributed by atoms with van der Waals surface area (Å²) in [4.78, 5) is 14.5. The summed E-state index contributed by atoms with van der Waals surface area (Å²) in [5, 5.41) is 19.3. The molecule has 1 aliphatic carbocycles. The maximum absolute atomic E-state index is 12.1. The normalized spacial score (nSPS) is 21.6. The number of hydrogen-bond acceptors (Lipinski definition) is 4. The fraction of sp³-hybridized carbons (Fsp3) is 0.588. The molecule has 128 valence electrons. The summed E-state index contributed by atoms with van der Waals surface area (Å²) in [5.41, 5.74) is 1.25. The molecule has 1 heterocycles. The van der Waals surface area contributed by atoms with Crippen LogP contribution >= 0.6 is 11.3 Å². The summed E-state index contributed by atoms with van der Waals surface area (Å²) in [6.45, 7) is 6.90. The number of amides is 2. The van der Waals surface area contributed by atoms with Crippen LogP contribution in [0.3, 0.4) is 0 Å². The Labute approximate surface area is 142 Å². The van der Waals surface area contributed by atoms with E-state index in [-0.39, 0.29) is 30.6 Å². The molecule has 2 amide bonds. The summed E-state index contributed by atoms with van der Waals surface area (Å²) in [6, 6.07) is 2.19. The summed E-state index contributed by atoms with van der Waals surface area (Å²) >= 11 is 1.68. The van der Waals surface area contributed by atoms with Crippen molar-refractivity contribution in [1.82, 2.24) is 15.5 Å². The van der Waals surface area contributed by atoms with Gasteiger partial charge in [0.05, 0.1) is 6.04 Å². The van der Waals surface area contributed by atoms with Gasteiger partial charge in [0.1, 0.15) is 0 Å². The highest BCUT2D eigenvalue weighted by atomic mass is 32.1. The molecule has 5 nitrogen and oxygen atoms in total. The molecule has 3 N–H and O–H groups in total. The van der Waals surface area contributed by atoms with E-state index in [1.807, 2.05) is 12.2 Å². The molecule has 1 aromatic heterocycles. The SMILES string of the molecule is CCN(CC)C(CNC(=O)N[C@@H]1C=C[C@H](CO)C1)c1ccsc1. The molecule has 0 bridgehead atoms. The van der Waals surface area contributed by atoms with Crippen LogP contribution in [0, 0.1) is 5.92 Å². The van der Waals surface area contributed by atoms with Gasteiger partial charge in [0.25, 0.3) is 0 Å². The van der Waals surface area contributed by atoms with Gasteiger partial charge in [0.15, 0.2) is 0 Å². The van der Waals surface area contributed by atoms with Crippen molar-refractivity contribution >= 4 is 17.4 Å². The number of likely N-dealkylation sites (N-methyl/N-ethyl adjacent to an activating group) is 1. The van der Waals surface area contributed by atoms with E-state index in [0.29, 0.717) is 6.54 Å². The molecular formula is C17H27N3O2S. The number of aliphatic hydroxyl groups excluding tert-OH is 1.